The molecule has 0 heterocycles. The predicted octanol–water partition coefficient (Wildman–Crippen LogP) is 2.81. The van der Waals surface area contributed by atoms with Gasteiger partial charge in [-0.3, -0.25) is 4.79 Å². The summed E-state index contributed by atoms with van der Waals surface area (Å²) < 4.78 is 0.754. The average molecular weight is 285 g/mol. The third-order valence-electron chi connectivity index (χ3n) is 2.27. The second kappa shape index (κ2) is 5.89. The number of halogens is 1. The Labute approximate surface area is 105 Å². The van der Waals surface area contributed by atoms with Crippen molar-refractivity contribution >= 4 is 27.5 Å². The number of rotatable bonds is 4. The molecule has 1 aromatic carbocycles. The SMILES string of the molecule is CC(C)CCNC(=O)c1ccc(N)c(Br)c1. The third-order valence-corrected chi connectivity index (χ3v) is 2.96. The molecule has 88 valence electrons. The monoisotopic (exact) mass is 284 g/mol. The van der Waals surface area contributed by atoms with Gasteiger partial charge in [-0.2, -0.15) is 0 Å². The highest BCUT2D eigenvalue weighted by molar-refractivity contribution is 9.10. The van der Waals surface area contributed by atoms with Crippen molar-refractivity contribution in [3.05, 3.63) is 28.2 Å². The normalized spacial score (nSPS) is 10.5. The number of carbonyl (C=O) groups excluding carboxylic acids is 1. The van der Waals surface area contributed by atoms with Crippen LogP contribution in [0, 0.1) is 5.92 Å². The van der Waals surface area contributed by atoms with Crippen molar-refractivity contribution in [1.29, 1.82) is 0 Å². The minimum Gasteiger partial charge on any atom is -0.398 e. The molecule has 0 saturated heterocycles. The molecule has 0 unspecified atom stereocenters. The summed E-state index contributed by atoms with van der Waals surface area (Å²) in [6.07, 6.45) is 0.988. The number of carbonyl (C=O) groups is 1. The van der Waals surface area contributed by atoms with E-state index in [1.807, 2.05) is 0 Å². The van der Waals surface area contributed by atoms with Crippen molar-refractivity contribution in [3.63, 3.8) is 0 Å². The number of benzene rings is 1. The molecule has 0 aliphatic carbocycles. The van der Waals surface area contributed by atoms with Crippen LogP contribution in [0.1, 0.15) is 30.6 Å². The highest BCUT2D eigenvalue weighted by atomic mass is 79.9. The van der Waals surface area contributed by atoms with Crippen LogP contribution >= 0.6 is 15.9 Å². The number of amides is 1. The van der Waals surface area contributed by atoms with Gasteiger partial charge in [-0.25, -0.2) is 0 Å². The average Bonchev–Trinajstić information content (AvgIpc) is 2.21. The zero-order chi connectivity index (χ0) is 12.1. The lowest BCUT2D eigenvalue weighted by Crippen LogP contribution is -2.25. The van der Waals surface area contributed by atoms with Gasteiger partial charge in [0.05, 0.1) is 0 Å². The van der Waals surface area contributed by atoms with Gasteiger partial charge in [0, 0.05) is 22.3 Å². The van der Waals surface area contributed by atoms with E-state index in [-0.39, 0.29) is 5.91 Å². The Balaban J connectivity index is 2.56. The topological polar surface area (TPSA) is 55.1 Å². The van der Waals surface area contributed by atoms with Crippen LogP contribution < -0.4 is 11.1 Å². The molecule has 0 bridgehead atoms. The molecule has 0 atom stereocenters. The quantitative estimate of drug-likeness (QED) is 0.836. The number of hydrogen-bond donors (Lipinski definition) is 2. The first kappa shape index (κ1) is 13.0. The van der Waals surface area contributed by atoms with Gasteiger partial charge in [-0.15, -0.1) is 0 Å². The first-order valence-corrected chi connectivity index (χ1v) is 6.13. The summed E-state index contributed by atoms with van der Waals surface area (Å²) in [5.74, 6) is 0.541. The van der Waals surface area contributed by atoms with Gasteiger partial charge in [-0.05, 0) is 46.5 Å². The van der Waals surface area contributed by atoms with E-state index in [1.54, 1.807) is 18.2 Å². The maximum absolute atomic E-state index is 11.7. The summed E-state index contributed by atoms with van der Waals surface area (Å²) in [5.41, 5.74) is 6.92. The van der Waals surface area contributed by atoms with E-state index in [0.29, 0.717) is 23.7 Å². The summed E-state index contributed by atoms with van der Waals surface area (Å²) in [6.45, 7) is 4.97. The molecule has 0 saturated carbocycles. The molecule has 4 heteroatoms. The lowest BCUT2D eigenvalue weighted by atomic mass is 10.1. The van der Waals surface area contributed by atoms with Gasteiger partial charge in [0.2, 0.25) is 0 Å². The molecule has 0 fully saturated rings. The molecule has 1 rings (SSSR count). The first-order chi connectivity index (χ1) is 7.50. The van der Waals surface area contributed by atoms with Gasteiger partial charge in [0.1, 0.15) is 0 Å². The summed E-state index contributed by atoms with van der Waals surface area (Å²) in [5, 5.41) is 2.88. The lowest BCUT2D eigenvalue weighted by molar-refractivity contribution is 0.0952. The molecule has 0 radical (unpaired) electrons. The predicted molar refractivity (Wildman–Crippen MR) is 70.3 cm³/mol. The van der Waals surface area contributed by atoms with Crippen LogP contribution in [-0.4, -0.2) is 12.5 Å². The number of anilines is 1. The van der Waals surface area contributed by atoms with E-state index in [1.165, 1.54) is 0 Å². The molecule has 0 aromatic heterocycles. The standard InChI is InChI=1S/C12H17BrN2O/c1-8(2)5-6-15-12(16)9-3-4-11(14)10(13)7-9/h3-4,7-8H,5-6,14H2,1-2H3,(H,15,16). The van der Waals surface area contributed by atoms with Crippen molar-refractivity contribution in [1.82, 2.24) is 5.32 Å². The van der Waals surface area contributed by atoms with Gasteiger partial charge in [0.15, 0.2) is 0 Å². The highest BCUT2D eigenvalue weighted by Crippen LogP contribution is 2.20. The van der Waals surface area contributed by atoms with Crippen LogP contribution in [0.3, 0.4) is 0 Å². The molecule has 3 N–H and O–H groups in total. The van der Waals surface area contributed by atoms with E-state index < -0.39 is 0 Å². The lowest BCUT2D eigenvalue weighted by Gasteiger charge is -2.08. The van der Waals surface area contributed by atoms with E-state index in [4.69, 9.17) is 5.73 Å². The number of nitrogen functional groups attached to an aromatic ring is 1. The van der Waals surface area contributed by atoms with Crippen LogP contribution in [-0.2, 0) is 0 Å². The molecule has 16 heavy (non-hydrogen) atoms. The third kappa shape index (κ3) is 3.85. The van der Waals surface area contributed by atoms with Crippen LogP contribution in [0.15, 0.2) is 22.7 Å². The van der Waals surface area contributed by atoms with E-state index in [0.717, 1.165) is 10.9 Å². The second-order valence-corrected chi connectivity index (χ2v) is 5.03. The summed E-state index contributed by atoms with van der Waals surface area (Å²) in [6, 6.07) is 5.19. The number of nitrogens with two attached hydrogens (primary N) is 1. The number of nitrogens with one attached hydrogen (secondary N) is 1. The highest BCUT2D eigenvalue weighted by Gasteiger charge is 2.06. The second-order valence-electron chi connectivity index (χ2n) is 4.17. The molecule has 1 aromatic rings. The summed E-state index contributed by atoms with van der Waals surface area (Å²) >= 11 is 3.30. The Hall–Kier alpha value is -1.03. The Bertz CT molecular complexity index is 377. The zero-order valence-electron chi connectivity index (χ0n) is 9.59. The van der Waals surface area contributed by atoms with E-state index >= 15 is 0 Å². The van der Waals surface area contributed by atoms with Gasteiger partial charge < -0.3 is 11.1 Å². The zero-order valence-corrected chi connectivity index (χ0v) is 11.2. The first-order valence-electron chi connectivity index (χ1n) is 5.34. The maximum atomic E-state index is 11.7. The molecule has 0 aliphatic rings. The van der Waals surface area contributed by atoms with Gasteiger partial charge in [-0.1, -0.05) is 13.8 Å². The number of hydrogen-bond acceptors (Lipinski definition) is 2. The van der Waals surface area contributed by atoms with Crippen LogP contribution in [0.4, 0.5) is 5.69 Å². The van der Waals surface area contributed by atoms with Crippen molar-refractivity contribution in [2.45, 2.75) is 20.3 Å². The Morgan fingerprint density at radius 2 is 2.19 bits per heavy atom. The van der Waals surface area contributed by atoms with Crippen molar-refractivity contribution in [3.8, 4) is 0 Å². The van der Waals surface area contributed by atoms with Crippen LogP contribution in [0.5, 0.6) is 0 Å². The molecule has 0 aliphatic heterocycles. The summed E-state index contributed by atoms with van der Waals surface area (Å²) in [4.78, 5) is 11.7. The van der Waals surface area contributed by atoms with Crippen LogP contribution in [0.2, 0.25) is 0 Å². The maximum Gasteiger partial charge on any atom is 0.251 e. The Morgan fingerprint density at radius 3 is 2.75 bits per heavy atom. The van der Waals surface area contributed by atoms with E-state index in [9.17, 15) is 4.79 Å². The fourth-order valence-electron chi connectivity index (χ4n) is 1.24. The molecule has 3 nitrogen and oxygen atoms in total. The fourth-order valence-corrected chi connectivity index (χ4v) is 1.62. The molecular weight excluding hydrogens is 268 g/mol. The molecule has 1 amide bonds. The van der Waals surface area contributed by atoms with Gasteiger partial charge >= 0.3 is 0 Å². The molecule has 0 spiro atoms. The largest absolute Gasteiger partial charge is 0.398 e. The minimum atomic E-state index is -0.0543. The minimum absolute atomic E-state index is 0.0543. The summed E-state index contributed by atoms with van der Waals surface area (Å²) in [7, 11) is 0. The van der Waals surface area contributed by atoms with Crippen molar-refractivity contribution in [2.24, 2.45) is 5.92 Å². The van der Waals surface area contributed by atoms with Gasteiger partial charge in [0.25, 0.3) is 5.91 Å². The Morgan fingerprint density at radius 1 is 1.50 bits per heavy atom. The fraction of sp³-hybridized carbons (Fsp3) is 0.417. The van der Waals surface area contributed by atoms with E-state index in [2.05, 4.69) is 35.1 Å². The molecular formula is C12H17BrN2O. The van der Waals surface area contributed by atoms with Crippen LogP contribution in [0.25, 0.3) is 0 Å². The van der Waals surface area contributed by atoms with Crippen molar-refractivity contribution in [2.75, 3.05) is 12.3 Å². The smallest absolute Gasteiger partial charge is 0.251 e. The van der Waals surface area contributed by atoms with Crippen molar-refractivity contribution < 1.29 is 4.79 Å². The Kier molecular flexibility index (Phi) is 4.80.